The summed E-state index contributed by atoms with van der Waals surface area (Å²) >= 11 is 0. The first kappa shape index (κ1) is 19.3. The van der Waals surface area contributed by atoms with Crippen LogP contribution in [-0.2, 0) is 11.2 Å². The molecule has 1 saturated heterocycles. The van der Waals surface area contributed by atoms with Crippen LogP contribution in [0, 0.1) is 13.8 Å². The number of hydrogen-bond donors (Lipinski definition) is 1. The van der Waals surface area contributed by atoms with Crippen molar-refractivity contribution in [2.24, 2.45) is 0 Å². The van der Waals surface area contributed by atoms with Gasteiger partial charge in [0.05, 0.1) is 0 Å². The van der Waals surface area contributed by atoms with Gasteiger partial charge in [0.25, 0.3) is 0 Å². The second kappa shape index (κ2) is 8.37. The summed E-state index contributed by atoms with van der Waals surface area (Å²) in [6.07, 6.45) is 2.52. The lowest BCUT2D eigenvalue weighted by atomic mass is 10.0. The van der Waals surface area contributed by atoms with E-state index in [-0.39, 0.29) is 24.0 Å². The summed E-state index contributed by atoms with van der Waals surface area (Å²) in [5.41, 5.74) is 3.77. The number of nitrogens with zero attached hydrogens (tertiary/aromatic N) is 2. The Bertz CT molecular complexity index is 601. The molecule has 0 unspecified atom stereocenters. The molecule has 2 rings (SSSR count). The van der Waals surface area contributed by atoms with Crippen molar-refractivity contribution in [3.63, 3.8) is 0 Å². The van der Waals surface area contributed by atoms with Crippen LogP contribution in [0.3, 0.4) is 0 Å². The normalized spacial score (nSPS) is 16.4. The van der Waals surface area contributed by atoms with Gasteiger partial charge in [-0.3, -0.25) is 4.79 Å². The Kier molecular flexibility index (Phi) is 6.45. The van der Waals surface area contributed by atoms with E-state index in [0.29, 0.717) is 13.1 Å². The standard InChI is InChI=1S/C20H31N3O2/c1-14-10-15(2)12-18(11-14)13-16(3)21-20(25)23-8-6-19(7-9-23)22(5)17(4)24/h10-12,16,19H,6-9,13H2,1-5H3,(H,21,25)/t16-/m0/s1. The van der Waals surface area contributed by atoms with Gasteiger partial charge in [-0.1, -0.05) is 29.3 Å². The van der Waals surface area contributed by atoms with Gasteiger partial charge in [-0.2, -0.15) is 0 Å². The zero-order chi connectivity index (χ0) is 18.6. The highest BCUT2D eigenvalue weighted by atomic mass is 16.2. The molecule has 5 nitrogen and oxygen atoms in total. The molecule has 0 aliphatic carbocycles. The molecule has 25 heavy (non-hydrogen) atoms. The summed E-state index contributed by atoms with van der Waals surface area (Å²) in [4.78, 5) is 27.6. The molecule has 0 radical (unpaired) electrons. The molecular weight excluding hydrogens is 314 g/mol. The van der Waals surface area contributed by atoms with E-state index in [4.69, 9.17) is 0 Å². The van der Waals surface area contributed by atoms with Gasteiger partial charge in [-0.05, 0) is 45.6 Å². The van der Waals surface area contributed by atoms with Crippen LogP contribution < -0.4 is 5.32 Å². The van der Waals surface area contributed by atoms with Crippen molar-refractivity contribution in [2.75, 3.05) is 20.1 Å². The molecule has 3 amide bonds. The fourth-order valence-corrected chi connectivity index (χ4v) is 3.61. The number of aryl methyl sites for hydroxylation is 2. The highest BCUT2D eigenvalue weighted by Crippen LogP contribution is 2.16. The fourth-order valence-electron chi connectivity index (χ4n) is 3.61. The maximum atomic E-state index is 12.5. The Morgan fingerprint density at radius 3 is 2.28 bits per heavy atom. The van der Waals surface area contributed by atoms with Crippen LogP contribution in [0.15, 0.2) is 18.2 Å². The molecule has 5 heteroatoms. The van der Waals surface area contributed by atoms with Crippen LogP contribution >= 0.6 is 0 Å². The highest BCUT2D eigenvalue weighted by molar-refractivity contribution is 5.75. The number of amides is 3. The zero-order valence-electron chi connectivity index (χ0n) is 16.1. The van der Waals surface area contributed by atoms with Crippen LogP contribution in [-0.4, -0.2) is 54.0 Å². The SMILES string of the molecule is CC(=O)N(C)C1CCN(C(=O)N[C@@H](C)Cc2cc(C)cc(C)c2)CC1. The summed E-state index contributed by atoms with van der Waals surface area (Å²) in [6, 6.07) is 6.85. The molecule has 138 valence electrons. The first-order valence-corrected chi connectivity index (χ1v) is 9.12. The lowest BCUT2D eigenvalue weighted by Crippen LogP contribution is -2.51. The summed E-state index contributed by atoms with van der Waals surface area (Å²) < 4.78 is 0. The number of urea groups is 1. The van der Waals surface area contributed by atoms with Crippen LogP contribution in [0.5, 0.6) is 0 Å². The number of carbonyl (C=O) groups is 2. The average Bonchev–Trinajstić information content (AvgIpc) is 2.53. The van der Waals surface area contributed by atoms with Gasteiger partial charge in [0.1, 0.15) is 0 Å². The average molecular weight is 345 g/mol. The van der Waals surface area contributed by atoms with Crippen molar-refractivity contribution in [1.82, 2.24) is 15.1 Å². The van der Waals surface area contributed by atoms with Crippen LogP contribution in [0.2, 0.25) is 0 Å². The predicted octanol–water partition coefficient (Wildman–Crippen LogP) is 2.89. The molecule has 1 aliphatic heterocycles. The Morgan fingerprint density at radius 2 is 1.76 bits per heavy atom. The number of piperidine rings is 1. The topological polar surface area (TPSA) is 52.7 Å². The van der Waals surface area contributed by atoms with E-state index in [1.807, 2.05) is 18.9 Å². The van der Waals surface area contributed by atoms with Crippen LogP contribution in [0.4, 0.5) is 4.79 Å². The van der Waals surface area contributed by atoms with Crippen LogP contribution in [0.1, 0.15) is 43.4 Å². The Morgan fingerprint density at radius 1 is 1.20 bits per heavy atom. The zero-order valence-corrected chi connectivity index (χ0v) is 16.1. The lowest BCUT2D eigenvalue weighted by Gasteiger charge is -2.36. The first-order valence-electron chi connectivity index (χ1n) is 9.12. The van der Waals surface area contributed by atoms with Crippen molar-refractivity contribution in [2.45, 2.75) is 59.0 Å². The van der Waals surface area contributed by atoms with E-state index in [1.54, 1.807) is 11.8 Å². The smallest absolute Gasteiger partial charge is 0.317 e. The summed E-state index contributed by atoms with van der Waals surface area (Å²) in [5, 5.41) is 3.11. The van der Waals surface area contributed by atoms with Gasteiger partial charge >= 0.3 is 6.03 Å². The summed E-state index contributed by atoms with van der Waals surface area (Å²) in [7, 11) is 1.84. The van der Waals surface area contributed by atoms with E-state index in [9.17, 15) is 9.59 Å². The predicted molar refractivity (Wildman–Crippen MR) is 101 cm³/mol. The van der Waals surface area contributed by atoms with Crippen molar-refractivity contribution in [3.05, 3.63) is 34.9 Å². The summed E-state index contributed by atoms with van der Waals surface area (Å²) in [6.45, 7) is 9.23. The third-order valence-corrected chi connectivity index (χ3v) is 4.99. The second-order valence-corrected chi connectivity index (χ2v) is 7.40. The number of benzene rings is 1. The van der Waals surface area contributed by atoms with Crippen molar-refractivity contribution >= 4 is 11.9 Å². The molecule has 0 saturated carbocycles. The van der Waals surface area contributed by atoms with Crippen LogP contribution in [0.25, 0.3) is 0 Å². The van der Waals surface area contributed by atoms with Gasteiger partial charge in [0.2, 0.25) is 5.91 Å². The molecule has 1 aromatic carbocycles. The maximum Gasteiger partial charge on any atom is 0.317 e. The summed E-state index contributed by atoms with van der Waals surface area (Å²) in [5.74, 6) is 0.0879. The molecular formula is C20H31N3O2. The molecule has 1 aromatic rings. The molecule has 1 heterocycles. The molecule has 1 aliphatic rings. The van der Waals surface area contributed by atoms with E-state index in [0.717, 1.165) is 19.3 Å². The van der Waals surface area contributed by atoms with Crippen molar-refractivity contribution < 1.29 is 9.59 Å². The quantitative estimate of drug-likeness (QED) is 0.912. The van der Waals surface area contributed by atoms with Gasteiger partial charge in [-0.15, -0.1) is 0 Å². The molecule has 1 atom stereocenters. The number of nitrogens with one attached hydrogen (secondary N) is 1. The van der Waals surface area contributed by atoms with E-state index < -0.39 is 0 Å². The number of likely N-dealkylation sites (tertiary alicyclic amines) is 1. The fraction of sp³-hybridized carbons (Fsp3) is 0.600. The number of hydrogen-bond acceptors (Lipinski definition) is 2. The first-order chi connectivity index (χ1) is 11.8. The van der Waals surface area contributed by atoms with Gasteiger partial charge in [0.15, 0.2) is 0 Å². The molecule has 0 spiro atoms. The maximum absolute atomic E-state index is 12.5. The number of carbonyl (C=O) groups excluding carboxylic acids is 2. The molecule has 0 aromatic heterocycles. The monoisotopic (exact) mass is 345 g/mol. The van der Waals surface area contributed by atoms with E-state index in [1.165, 1.54) is 16.7 Å². The molecule has 0 bridgehead atoms. The molecule has 1 fully saturated rings. The molecule has 1 N–H and O–H groups in total. The minimum Gasteiger partial charge on any atom is -0.343 e. The third kappa shape index (κ3) is 5.48. The second-order valence-electron chi connectivity index (χ2n) is 7.40. The van der Waals surface area contributed by atoms with Gasteiger partial charge < -0.3 is 15.1 Å². The van der Waals surface area contributed by atoms with Gasteiger partial charge in [0, 0.05) is 39.1 Å². The minimum atomic E-state index is 0.000744. The lowest BCUT2D eigenvalue weighted by molar-refractivity contribution is -0.130. The highest BCUT2D eigenvalue weighted by Gasteiger charge is 2.26. The van der Waals surface area contributed by atoms with Crippen molar-refractivity contribution in [3.8, 4) is 0 Å². The Labute approximate surface area is 151 Å². The van der Waals surface area contributed by atoms with Gasteiger partial charge in [-0.25, -0.2) is 4.79 Å². The third-order valence-electron chi connectivity index (χ3n) is 4.99. The van der Waals surface area contributed by atoms with Crippen molar-refractivity contribution in [1.29, 1.82) is 0 Å². The number of rotatable bonds is 4. The Balaban J connectivity index is 1.83. The Hall–Kier alpha value is -2.04. The largest absolute Gasteiger partial charge is 0.343 e. The van der Waals surface area contributed by atoms with E-state index in [2.05, 4.69) is 37.4 Å². The van der Waals surface area contributed by atoms with E-state index >= 15 is 0 Å². The minimum absolute atomic E-state index is 0.000744.